The highest BCUT2D eigenvalue weighted by atomic mass is 32.2. The van der Waals surface area contributed by atoms with Gasteiger partial charge < -0.3 is 18.6 Å². The minimum absolute atomic E-state index is 0.611. The van der Waals surface area contributed by atoms with Gasteiger partial charge in [-0.1, -0.05) is 22.4 Å². The van der Waals surface area contributed by atoms with Crippen molar-refractivity contribution < 1.29 is 18.6 Å². The molecule has 0 bridgehead atoms. The van der Waals surface area contributed by atoms with E-state index in [-0.39, 0.29) is 0 Å². The van der Waals surface area contributed by atoms with Crippen LogP contribution in [0.1, 0.15) is 27.7 Å². The highest BCUT2D eigenvalue weighted by molar-refractivity contribution is 7.90. The summed E-state index contributed by atoms with van der Waals surface area (Å²) in [5.74, 6) is 0. The summed E-state index contributed by atoms with van der Waals surface area (Å²) in [6.07, 6.45) is 6.56. The Bertz CT molecular complexity index is 82.6. The predicted octanol–water partition coefficient (Wildman–Crippen LogP) is 2.08. The minimum Gasteiger partial charge on any atom is -0.617 e. The monoisotopic (exact) mass is 304 g/mol. The normalized spacial score (nSPS) is 8.67. The van der Waals surface area contributed by atoms with Gasteiger partial charge in [0.1, 0.15) is 0 Å². The zero-order chi connectivity index (χ0) is 15.4. The van der Waals surface area contributed by atoms with E-state index in [0.717, 1.165) is 26.4 Å². The molecule has 0 aliphatic carbocycles. The summed E-state index contributed by atoms with van der Waals surface area (Å²) in [5.41, 5.74) is 0. The third-order valence-corrected chi connectivity index (χ3v) is 0.816. The fraction of sp³-hybridized carbons (Fsp3) is 1.00. The van der Waals surface area contributed by atoms with Crippen LogP contribution in [0.15, 0.2) is 0 Å². The van der Waals surface area contributed by atoms with Crippen molar-refractivity contribution in [2.45, 2.75) is 27.7 Å². The Hall–Kier alpha value is 0.540. The van der Waals surface area contributed by atoms with E-state index in [2.05, 4.69) is 0 Å². The van der Waals surface area contributed by atoms with Crippen molar-refractivity contribution in [1.82, 2.24) is 0 Å². The Morgan fingerprint density at radius 1 is 0.611 bits per heavy atom. The molecular weight excluding hydrogens is 272 g/mol. The molecule has 0 N–H and O–H groups in total. The molecule has 18 heavy (non-hydrogen) atoms. The molecule has 0 aromatic carbocycles. The van der Waals surface area contributed by atoms with E-state index in [0.29, 0.717) is 0 Å². The van der Waals surface area contributed by atoms with Crippen LogP contribution in [0.5, 0.6) is 0 Å². The zero-order valence-electron chi connectivity index (χ0n) is 13.3. The van der Waals surface area contributed by atoms with Gasteiger partial charge in [0.25, 0.3) is 0 Å². The lowest BCUT2D eigenvalue weighted by Gasteiger charge is -1.87. The van der Waals surface area contributed by atoms with E-state index in [4.69, 9.17) is 9.47 Å². The molecule has 0 rings (SSSR count). The lowest BCUT2D eigenvalue weighted by molar-refractivity contribution is 0.162. The lowest BCUT2D eigenvalue weighted by Crippen LogP contribution is -1.86. The Labute approximate surface area is 120 Å². The van der Waals surface area contributed by atoms with Crippen molar-refractivity contribution in [3.8, 4) is 0 Å². The van der Waals surface area contributed by atoms with Crippen molar-refractivity contribution in [3.63, 3.8) is 0 Å². The first kappa shape index (κ1) is 27.0. The van der Waals surface area contributed by atoms with Gasteiger partial charge in [-0.2, -0.15) is 0 Å². The molecule has 4 nitrogen and oxygen atoms in total. The molecule has 0 radical (unpaired) electrons. The molecule has 0 atom stereocenters. The molecule has 0 aromatic rings. The van der Waals surface area contributed by atoms with E-state index in [1.807, 2.05) is 27.7 Å². The van der Waals surface area contributed by atoms with Crippen LogP contribution < -0.4 is 0 Å². The van der Waals surface area contributed by atoms with Crippen LogP contribution in [0.3, 0.4) is 0 Å². The fourth-order valence-electron chi connectivity index (χ4n) is 0.408. The maximum Gasteiger partial charge on any atom is 0.0946 e. The molecule has 0 unspecified atom stereocenters. The summed E-state index contributed by atoms with van der Waals surface area (Å²) in [5, 5.41) is 0. The van der Waals surface area contributed by atoms with Crippen LogP contribution in [0.4, 0.5) is 0 Å². The van der Waals surface area contributed by atoms with Gasteiger partial charge in [-0.3, -0.25) is 0 Å². The van der Waals surface area contributed by atoms with Gasteiger partial charge in [-0.05, 0) is 27.7 Å². The van der Waals surface area contributed by atoms with E-state index < -0.39 is 22.4 Å². The summed E-state index contributed by atoms with van der Waals surface area (Å²) in [7, 11) is 0. The summed E-state index contributed by atoms with van der Waals surface area (Å²) in [6.45, 7) is 11.3. The fourth-order valence-corrected chi connectivity index (χ4v) is 0.408. The maximum atomic E-state index is 9.56. The highest BCUT2D eigenvalue weighted by Crippen LogP contribution is 1.65. The molecule has 0 saturated heterocycles. The Morgan fingerprint density at radius 2 is 0.722 bits per heavy atom. The van der Waals surface area contributed by atoms with Gasteiger partial charge in [0, 0.05) is 26.4 Å². The van der Waals surface area contributed by atoms with Gasteiger partial charge in [0.2, 0.25) is 0 Å². The smallest absolute Gasteiger partial charge is 0.0946 e. The van der Waals surface area contributed by atoms with Crippen molar-refractivity contribution in [1.29, 1.82) is 0 Å². The van der Waals surface area contributed by atoms with Crippen molar-refractivity contribution in [2.75, 3.05) is 51.5 Å². The predicted molar refractivity (Wildman–Crippen MR) is 84.3 cm³/mol. The summed E-state index contributed by atoms with van der Waals surface area (Å²) in [6, 6.07) is 0. The van der Waals surface area contributed by atoms with Crippen molar-refractivity contribution in [2.24, 2.45) is 0 Å². The second kappa shape index (κ2) is 30.5. The number of ether oxygens (including phenoxy) is 2. The van der Waals surface area contributed by atoms with Crippen LogP contribution in [-0.2, 0) is 31.8 Å². The largest absolute Gasteiger partial charge is 0.617 e. The van der Waals surface area contributed by atoms with Gasteiger partial charge in [-0.25, -0.2) is 0 Å². The number of hydrogen-bond donors (Lipinski definition) is 0. The van der Waals surface area contributed by atoms with Crippen LogP contribution in [0.25, 0.3) is 0 Å². The molecule has 0 saturated carbocycles. The topological polar surface area (TPSA) is 64.6 Å². The molecular formula is C12H32O4S2. The Morgan fingerprint density at radius 3 is 0.722 bits per heavy atom. The van der Waals surface area contributed by atoms with E-state index >= 15 is 0 Å². The van der Waals surface area contributed by atoms with E-state index in [1.165, 1.54) is 0 Å². The van der Waals surface area contributed by atoms with Gasteiger partial charge in [0.05, 0.1) is 25.0 Å². The second-order valence-corrected chi connectivity index (χ2v) is 6.01. The van der Waals surface area contributed by atoms with Crippen LogP contribution in [-0.4, -0.2) is 60.6 Å². The van der Waals surface area contributed by atoms with Gasteiger partial charge >= 0.3 is 0 Å². The van der Waals surface area contributed by atoms with Crippen LogP contribution >= 0.6 is 0 Å². The van der Waals surface area contributed by atoms with E-state index in [9.17, 15) is 9.11 Å². The molecule has 6 heteroatoms. The molecule has 0 aromatic heterocycles. The van der Waals surface area contributed by atoms with Crippen molar-refractivity contribution >= 4 is 22.4 Å². The lowest BCUT2D eigenvalue weighted by atomic mass is 10.8. The average Bonchev–Trinajstić information content (AvgIpc) is 2.19. The first-order valence-electron chi connectivity index (χ1n) is 5.95. The molecule has 0 fully saturated rings. The van der Waals surface area contributed by atoms with E-state index in [1.54, 1.807) is 25.0 Å². The highest BCUT2D eigenvalue weighted by Gasteiger charge is 1.67. The summed E-state index contributed by atoms with van der Waals surface area (Å²) >= 11 is -1.22. The number of rotatable bonds is 4. The molecule has 0 heterocycles. The maximum absolute atomic E-state index is 9.56. The summed E-state index contributed by atoms with van der Waals surface area (Å²) < 4.78 is 28.8. The SMILES string of the molecule is CCOCC.CCOCC.C[S+](C)[O-].C[S+](C)[O-]. The Balaban J connectivity index is -0.0000000731. The van der Waals surface area contributed by atoms with Crippen molar-refractivity contribution in [3.05, 3.63) is 0 Å². The minimum atomic E-state index is -0.611. The first-order chi connectivity index (χ1) is 8.29. The van der Waals surface area contributed by atoms with Crippen LogP contribution in [0.2, 0.25) is 0 Å². The molecule has 0 spiro atoms. The third-order valence-electron chi connectivity index (χ3n) is 0.816. The third kappa shape index (κ3) is 194. The average molecular weight is 305 g/mol. The molecule has 0 amide bonds. The molecule has 116 valence electrons. The summed E-state index contributed by atoms with van der Waals surface area (Å²) in [4.78, 5) is 0. The molecule has 0 aliphatic rings. The number of hydrogen-bond acceptors (Lipinski definition) is 4. The van der Waals surface area contributed by atoms with Gasteiger partial charge in [0.15, 0.2) is 0 Å². The van der Waals surface area contributed by atoms with Gasteiger partial charge in [-0.15, -0.1) is 0 Å². The quantitative estimate of drug-likeness (QED) is 0.746. The first-order valence-corrected chi connectivity index (χ1v) is 9.88. The molecule has 0 aliphatic heterocycles. The zero-order valence-corrected chi connectivity index (χ0v) is 14.9. The second-order valence-electron chi connectivity index (χ2n) is 3.05. The Kier molecular flexibility index (Phi) is 45.7. The standard InChI is InChI=1S/2C4H10O.2C2H6OS/c2*1-3-5-4-2;2*1-4(2)3/h2*3-4H2,1-2H3;2*1-2H3. The van der Waals surface area contributed by atoms with Crippen LogP contribution in [0, 0.1) is 0 Å².